The molecule has 0 unspecified atom stereocenters. The van der Waals surface area contributed by atoms with Crippen LogP contribution in [0.2, 0.25) is 0 Å². The molecule has 0 spiro atoms. The molecule has 4 rings (SSSR count). The molecule has 0 N–H and O–H groups in total. The van der Waals surface area contributed by atoms with Gasteiger partial charge < -0.3 is 0 Å². The lowest BCUT2D eigenvalue weighted by molar-refractivity contribution is 0.699. The van der Waals surface area contributed by atoms with Crippen LogP contribution in [0.1, 0.15) is 11.4 Å². The highest BCUT2D eigenvalue weighted by Gasteiger charge is 2.11. The molecule has 0 bridgehead atoms. The molecule has 7 heteroatoms. The third-order valence-corrected chi connectivity index (χ3v) is 3.36. The van der Waals surface area contributed by atoms with Gasteiger partial charge in [0, 0.05) is 11.3 Å². The van der Waals surface area contributed by atoms with Crippen molar-refractivity contribution in [1.82, 2.24) is 34.6 Å². The molecule has 3 heterocycles. The number of aromatic nitrogens is 7. The first-order valence-electron chi connectivity index (χ1n) is 6.90. The number of aryl methyl sites for hydroxylation is 2. The van der Waals surface area contributed by atoms with Crippen molar-refractivity contribution in [3.8, 4) is 17.2 Å². The summed E-state index contributed by atoms with van der Waals surface area (Å²) >= 11 is 0. The highest BCUT2D eigenvalue weighted by atomic mass is 15.5. The Morgan fingerprint density at radius 2 is 1.77 bits per heavy atom. The predicted molar refractivity (Wildman–Crippen MR) is 80.6 cm³/mol. The van der Waals surface area contributed by atoms with Crippen molar-refractivity contribution in [2.45, 2.75) is 13.8 Å². The Morgan fingerprint density at radius 1 is 0.955 bits per heavy atom. The van der Waals surface area contributed by atoms with Crippen LogP contribution in [-0.2, 0) is 0 Å². The quantitative estimate of drug-likeness (QED) is 0.564. The van der Waals surface area contributed by atoms with Crippen molar-refractivity contribution >= 4 is 5.78 Å². The van der Waals surface area contributed by atoms with Gasteiger partial charge in [0.25, 0.3) is 11.7 Å². The molecule has 4 aromatic rings. The van der Waals surface area contributed by atoms with E-state index >= 15 is 0 Å². The van der Waals surface area contributed by atoms with Crippen molar-refractivity contribution in [2.75, 3.05) is 0 Å². The largest absolute Gasteiger partial charge is 0.287 e. The van der Waals surface area contributed by atoms with Gasteiger partial charge >= 0.3 is 0 Å². The first-order chi connectivity index (χ1) is 10.7. The molecule has 0 aliphatic rings. The van der Waals surface area contributed by atoms with Crippen molar-refractivity contribution in [3.05, 3.63) is 54.0 Å². The van der Waals surface area contributed by atoms with E-state index in [9.17, 15) is 0 Å². The SMILES string of the molecule is Cc1cc(C)n(-c2nnc3nc(-c4ccccc4)cn3n2)n1. The smallest absolute Gasteiger partial charge is 0.208 e. The second kappa shape index (κ2) is 4.73. The second-order valence-electron chi connectivity index (χ2n) is 5.08. The van der Waals surface area contributed by atoms with E-state index in [2.05, 4.69) is 25.4 Å². The molecule has 22 heavy (non-hydrogen) atoms. The first kappa shape index (κ1) is 12.6. The fraction of sp³-hybridized carbons (Fsp3) is 0.133. The van der Waals surface area contributed by atoms with Crippen molar-refractivity contribution < 1.29 is 0 Å². The molecule has 7 nitrogen and oxygen atoms in total. The standard InChI is InChI=1S/C15H13N7/c1-10-8-11(2)22(19-10)15-18-17-14-16-13(9-21(14)20-15)12-6-4-3-5-7-12/h3-9H,1-2H3. The normalized spacial score (nSPS) is 11.2. The van der Waals surface area contributed by atoms with E-state index < -0.39 is 0 Å². The van der Waals surface area contributed by atoms with Crippen LogP contribution in [-0.4, -0.2) is 34.6 Å². The average molecular weight is 291 g/mol. The minimum Gasteiger partial charge on any atom is -0.208 e. The summed E-state index contributed by atoms with van der Waals surface area (Å²) in [7, 11) is 0. The highest BCUT2D eigenvalue weighted by Crippen LogP contribution is 2.17. The van der Waals surface area contributed by atoms with Crippen LogP contribution in [0.5, 0.6) is 0 Å². The Kier molecular flexibility index (Phi) is 2.72. The molecule has 0 atom stereocenters. The summed E-state index contributed by atoms with van der Waals surface area (Å²) in [6.07, 6.45) is 1.84. The number of rotatable bonds is 2. The summed E-state index contributed by atoms with van der Waals surface area (Å²) in [5.74, 6) is 0.888. The zero-order chi connectivity index (χ0) is 15.1. The summed E-state index contributed by atoms with van der Waals surface area (Å²) in [6, 6.07) is 11.9. The Morgan fingerprint density at radius 3 is 2.50 bits per heavy atom. The van der Waals surface area contributed by atoms with Crippen molar-refractivity contribution in [3.63, 3.8) is 0 Å². The van der Waals surface area contributed by atoms with Gasteiger partial charge in [0.15, 0.2) is 0 Å². The molecule has 0 radical (unpaired) electrons. The van der Waals surface area contributed by atoms with Gasteiger partial charge in [-0.15, -0.1) is 15.3 Å². The Balaban J connectivity index is 1.83. The molecule has 1 aromatic carbocycles. The third-order valence-electron chi connectivity index (χ3n) is 3.36. The molecule has 0 aliphatic heterocycles. The van der Waals surface area contributed by atoms with E-state index in [0.29, 0.717) is 11.7 Å². The molecule has 0 saturated carbocycles. The van der Waals surface area contributed by atoms with Crippen molar-refractivity contribution in [2.24, 2.45) is 0 Å². The van der Waals surface area contributed by atoms with Crippen molar-refractivity contribution in [1.29, 1.82) is 0 Å². The fourth-order valence-electron chi connectivity index (χ4n) is 2.37. The fourth-order valence-corrected chi connectivity index (χ4v) is 2.37. The van der Waals surface area contributed by atoms with Crippen LogP contribution >= 0.6 is 0 Å². The van der Waals surface area contributed by atoms with Crippen LogP contribution in [0.3, 0.4) is 0 Å². The summed E-state index contributed by atoms with van der Waals surface area (Å²) in [5, 5.41) is 17.1. The molecule has 3 aromatic heterocycles. The summed E-state index contributed by atoms with van der Waals surface area (Å²) in [4.78, 5) is 4.44. The zero-order valence-corrected chi connectivity index (χ0v) is 12.2. The van der Waals surface area contributed by atoms with Crippen LogP contribution in [0.4, 0.5) is 0 Å². The van der Waals surface area contributed by atoms with Gasteiger partial charge in [0.1, 0.15) is 0 Å². The highest BCUT2D eigenvalue weighted by molar-refractivity contribution is 5.60. The van der Waals surface area contributed by atoms with Crippen LogP contribution < -0.4 is 0 Å². The van der Waals surface area contributed by atoms with E-state index in [1.54, 1.807) is 9.20 Å². The number of benzene rings is 1. The predicted octanol–water partition coefficient (Wildman–Crippen LogP) is 1.99. The Bertz CT molecular complexity index is 953. The third kappa shape index (κ3) is 2.03. The Labute approximate surface area is 126 Å². The summed E-state index contributed by atoms with van der Waals surface area (Å²) in [5.41, 5.74) is 3.70. The van der Waals surface area contributed by atoms with Gasteiger partial charge in [-0.25, -0.2) is 9.67 Å². The molecular formula is C15H13N7. The lowest BCUT2D eigenvalue weighted by Gasteiger charge is -2.00. The van der Waals surface area contributed by atoms with Gasteiger partial charge in [-0.2, -0.15) is 9.61 Å². The first-order valence-corrected chi connectivity index (χ1v) is 6.90. The van der Waals surface area contributed by atoms with E-state index in [1.165, 1.54) is 0 Å². The molecule has 0 amide bonds. The summed E-state index contributed by atoms with van der Waals surface area (Å²) < 4.78 is 3.30. The number of imidazole rings is 1. The monoisotopic (exact) mass is 291 g/mol. The lowest BCUT2D eigenvalue weighted by Crippen LogP contribution is -2.09. The number of hydrogen-bond donors (Lipinski definition) is 0. The second-order valence-corrected chi connectivity index (χ2v) is 5.08. The minimum atomic E-state index is 0.426. The maximum atomic E-state index is 4.45. The molecule has 0 saturated heterocycles. The van der Waals surface area contributed by atoms with Gasteiger partial charge in [0.2, 0.25) is 0 Å². The van der Waals surface area contributed by atoms with E-state index in [-0.39, 0.29) is 0 Å². The molecule has 0 aliphatic carbocycles. The van der Waals surface area contributed by atoms with Crippen LogP contribution in [0.25, 0.3) is 23.0 Å². The van der Waals surface area contributed by atoms with Gasteiger partial charge in [-0.3, -0.25) is 0 Å². The molecular weight excluding hydrogens is 278 g/mol. The van der Waals surface area contributed by atoms with Crippen LogP contribution in [0, 0.1) is 13.8 Å². The average Bonchev–Trinajstić information content (AvgIpc) is 3.10. The molecule has 108 valence electrons. The number of hydrogen-bond acceptors (Lipinski definition) is 5. The topological polar surface area (TPSA) is 73.8 Å². The van der Waals surface area contributed by atoms with E-state index in [4.69, 9.17) is 0 Å². The zero-order valence-electron chi connectivity index (χ0n) is 12.2. The lowest BCUT2D eigenvalue weighted by atomic mass is 10.2. The van der Waals surface area contributed by atoms with Gasteiger partial charge in [0.05, 0.1) is 17.6 Å². The summed E-state index contributed by atoms with van der Waals surface area (Å²) in [6.45, 7) is 3.89. The number of fused-ring (bicyclic) bond motifs is 1. The number of nitrogens with zero attached hydrogens (tertiary/aromatic N) is 7. The van der Waals surface area contributed by atoms with E-state index in [0.717, 1.165) is 22.6 Å². The maximum absolute atomic E-state index is 4.45. The molecule has 0 fully saturated rings. The van der Waals surface area contributed by atoms with E-state index in [1.807, 2.05) is 56.4 Å². The van der Waals surface area contributed by atoms with Crippen LogP contribution in [0.15, 0.2) is 42.6 Å². The Hall–Kier alpha value is -3.09. The maximum Gasteiger partial charge on any atom is 0.287 e. The minimum absolute atomic E-state index is 0.426. The van der Waals surface area contributed by atoms with Gasteiger partial charge in [-0.1, -0.05) is 30.3 Å². The van der Waals surface area contributed by atoms with Gasteiger partial charge in [-0.05, 0) is 19.9 Å².